The zero-order valence-corrected chi connectivity index (χ0v) is 11.4. The molecule has 2 N–H and O–H groups in total. The lowest BCUT2D eigenvalue weighted by Gasteiger charge is -2.13. The monoisotopic (exact) mass is 273 g/mol. The van der Waals surface area contributed by atoms with Crippen molar-refractivity contribution < 1.29 is 23.4 Å². The molecule has 1 rings (SSSR count). The van der Waals surface area contributed by atoms with Crippen LogP contribution in [0.4, 0.5) is 0 Å². The Labute approximate surface area is 113 Å². The van der Waals surface area contributed by atoms with Crippen LogP contribution in [0.5, 0.6) is 0 Å². The highest BCUT2D eigenvalue weighted by atomic mass is 16.6. The Bertz CT molecular complexity index is 291. The average Bonchev–Trinajstić information content (AvgIpc) is 2.95. The second kappa shape index (κ2) is 11.0. The molecule has 0 amide bonds. The standard InChI is InChI=1S/C13H23NO5/c1-15-5-6-16-7-8-17-9-10-19-13(11-14)12-3-2-4-18-12/h2-4,13H,5-11,14H2,1H3. The zero-order valence-electron chi connectivity index (χ0n) is 11.4. The van der Waals surface area contributed by atoms with Crippen molar-refractivity contribution in [1.82, 2.24) is 0 Å². The Hall–Kier alpha value is -0.920. The first kappa shape index (κ1) is 16.1. The summed E-state index contributed by atoms with van der Waals surface area (Å²) in [5.41, 5.74) is 5.62. The highest BCUT2D eigenvalue weighted by Gasteiger charge is 2.12. The van der Waals surface area contributed by atoms with Gasteiger partial charge in [-0.15, -0.1) is 0 Å². The van der Waals surface area contributed by atoms with Crippen molar-refractivity contribution in [1.29, 1.82) is 0 Å². The van der Waals surface area contributed by atoms with Gasteiger partial charge in [-0.25, -0.2) is 0 Å². The molecule has 0 saturated carbocycles. The summed E-state index contributed by atoms with van der Waals surface area (Å²) < 4.78 is 26.3. The number of rotatable bonds is 12. The Balaban J connectivity index is 1.95. The molecule has 6 nitrogen and oxygen atoms in total. The van der Waals surface area contributed by atoms with Gasteiger partial charge in [0.15, 0.2) is 0 Å². The molecule has 0 aliphatic heterocycles. The number of ether oxygens (including phenoxy) is 4. The summed E-state index contributed by atoms with van der Waals surface area (Å²) >= 11 is 0. The van der Waals surface area contributed by atoms with E-state index in [0.29, 0.717) is 46.2 Å². The lowest BCUT2D eigenvalue weighted by Crippen LogP contribution is -2.18. The van der Waals surface area contributed by atoms with Gasteiger partial charge in [0.25, 0.3) is 0 Å². The first-order valence-electron chi connectivity index (χ1n) is 6.38. The number of nitrogens with two attached hydrogens (primary N) is 1. The van der Waals surface area contributed by atoms with Crippen LogP contribution in [0.2, 0.25) is 0 Å². The second-order valence-corrected chi connectivity index (χ2v) is 3.83. The summed E-state index contributed by atoms with van der Waals surface area (Å²) in [6.07, 6.45) is 1.39. The number of methoxy groups -OCH3 is 1. The first-order chi connectivity index (χ1) is 9.38. The molecule has 1 heterocycles. The van der Waals surface area contributed by atoms with Crippen LogP contribution in [0.15, 0.2) is 22.8 Å². The third kappa shape index (κ3) is 7.29. The fraction of sp³-hybridized carbons (Fsp3) is 0.692. The molecule has 0 aromatic carbocycles. The van der Waals surface area contributed by atoms with Crippen molar-refractivity contribution in [2.45, 2.75) is 6.10 Å². The minimum Gasteiger partial charge on any atom is -0.467 e. The van der Waals surface area contributed by atoms with Gasteiger partial charge < -0.3 is 29.1 Å². The van der Waals surface area contributed by atoms with E-state index in [0.717, 1.165) is 5.76 Å². The van der Waals surface area contributed by atoms with Crippen molar-refractivity contribution in [3.05, 3.63) is 24.2 Å². The van der Waals surface area contributed by atoms with Crippen molar-refractivity contribution in [2.24, 2.45) is 5.73 Å². The molecule has 0 fully saturated rings. The van der Waals surface area contributed by atoms with Gasteiger partial charge in [0.05, 0.1) is 45.9 Å². The molecule has 0 bridgehead atoms. The van der Waals surface area contributed by atoms with E-state index in [-0.39, 0.29) is 6.10 Å². The Morgan fingerprint density at radius 1 is 1.11 bits per heavy atom. The fourth-order valence-electron chi connectivity index (χ4n) is 1.45. The largest absolute Gasteiger partial charge is 0.467 e. The minimum absolute atomic E-state index is 0.212. The van der Waals surface area contributed by atoms with E-state index in [1.165, 1.54) is 0 Å². The maximum absolute atomic E-state index is 5.62. The molecule has 1 unspecified atom stereocenters. The third-order valence-corrected chi connectivity index (χ3v) is 2.43. The summed E-state index contributed by atoms with van der Waals surface area (Å²) in [7, 11) is 1.64. The molecule has 0 aliphatic carbocycles. The second-order valence-electron chi connectivity index (χ2n) is 3.83. The van der Waals surface area contributed by atoms with Gasteiger partial charge >= 0.3 is 0 Å². The SMILES string of the molecule is COCCOCCOCCOC(CN)c1ccco1. The third-order valence-electron chi connectivity index (χ3n) is 2.43. The van der Waals surface area contributed by atoms with E-state index >= 15 is 0 Å². The van der Waals surface area contributed by atoms with Crippen molar-refractivity contribution in [3.63, 3.8) is 0 Å². The summed E-state index contributed by atoms with van der Waals surface area (Å²) in [6, 6.07) is 3.66. The summed E-state index contributed by atoms with van der Waals surface area (Å²) in [5, 5.41) is 0. The zero-order chi connectivity index (χ0) is 13.8. The van der Waals surface area contributed by atoms with Crippen LogP contribution in [0.3, 0.4) is 0 Å². The van der Waals surface area contributed by atoms with Gasteiger partial charge in [0.2, 0.25) is 0 Å². The van der Waals surface area contributed by atoms with Crippen LogP contribution in [0.25, 0.3) is 0 Å². The van der Waals surface area contributed by atoms with Crippen LogP contribution in [0, 0.1) is 0 Å². The topological polar surface area (TPSA) is 76.1 Å². The van der Waals surface area contributed by atoms with Crippen LogP contribution in [0.1, 0.15) is 11.9 Å². The lowest BCUT2D eigenvalue weighted by atomic mass is 10.3. The lowest BCUT2D eigenvalue weighted by molar-refractivity contribution is -0.0196. The van der Waals surface area contributed by atoms with E-state index in [1.54, 1.807) is 13.4 Å². The van der Waals surface area contributed by atoms with Crippen molar-refractivity contribution in [3.8, 4) is 0 Å². The van der Waals surface area contributed by atoms with Crippen LogP contribution in [-0.4, -0.2) is 53.3 Å². The predicted molar refractivity (Wildman–Crippen MR) is 70.0 cm³/mol. The number of hydrogen-bond acceptors (Lipinski definition) is 6. The summed E-state index contributed by atoms with van der Waals surface area (Å²) in [6.45, 7) is 3.65. The number of hydrogen-bond donors (Lipinski definition) is 1. The smallest absolute Gasteiger partial charge is 0.133 e. The molecule has 1 atom stereocenters. The minimum atomic E-state index is -0.212. The van der Waals surface area contributed by atoms with Crippen molar-refractivity contribution >= 4 is 0 Å². The quantitative estimate of drug-likeness (QED) is 0.572. The normalized spacial score (nSPS) is 12.7. The molecule has 19 heavy (non-hydrogen) atoms. The van der Waals surface area contributed by atoms with Gasteiger partial charge in [0, 0.05) is 13.7 Å². The van der Waals surface area contributed by atoms with E-state index in [2.05, 4.69) is 0 Å². The molecule has 1 aromatic rings. The molecule has 0 aliphatic rings. The fourth-order valence-corrected chi connectivity index (χ4v) is 1.45. The molecule has 6 heteroatoms. The molecule has 0 saturated heterocycles. The molecular formula is C13H23NO5. The number of furan rings is 1. The maximum Gasteiger partial charge on any atom is 0.133 e. The molecular weight excluding hydrogens is 250 g/mol. The van der Waals surface area contributed by atoms with Crippen molar-refractivity contribution in [2.75, 3.05) is 53.3 Å². The van der Waals surface area contributed by atoms with Crippen LogP contribution < -0.4 is 5.73 Å². The maximum atomic E-state index is 5.62. The van der Waals surface area contributed by atoms with E-state index in [4.69, 9.17) is 29.1 Å². The predicted octanol–water partition coefficient (Wildman–Crippen LogP) is 0.976. The van der Waals surface area contributed by atoms with Gasteiger partial charge in [-0.3, -0.25) is 0 Å². The van der Waals surface area contributed by atoms with E-state index in [1.807, 2.05) is 12.1 Å². The van der Waals surface area contributed by atoms with Gasteiger partial charge in [-0.05, 0) is 12.1 Å². The van der Waals surface area contributed by atoms with E-state index in [9.17, 15) is 0 Å². The average molecular weight is 273 g/mol. The Morgan fingerprint density at radius 3 is 2.37 bits per heavy atom. The van der Waals surface area contributed by atoms with E-state index < -0.39 is 0 Å². The van der Waals surface area contributed by atoms with Crippen LogP contribution >= 0.6 is 0 Å². The molecule has 0 spiro atoms. The summed E-state index contributed by atoms with van der Waals surface area (Å²) in [5.74, 6) is 0.741. The molecule has 1 aromatic heterocycles. The van der Waals surface area contributed by atoms with Crippen LogP contribution in [-0.2, 0) is 18.9 Å². The van der Waals surface area contributed by atoms with Gasteiger partial charge in [-0.1, -0.05) is 0 Å². The Morgan fingerprint density at radius 2 is 1.79 bits per heavy atom. The highest BCUT2D eigenvalue weighted by molar-refractivity contribution is 5.02. The Kier molecular flexibility index (Phi) is 9.30. The summed E-state index contributed by atoms with van der Waals surface area (Å²) in [4.78, 5) is 0. The van der Waals surface area contributed by atoms with Gasteiger partial charge in [0.1, 0.15) is 11.9 Å². The van der Waals surface area contributed by atoms with Gasteiger partial charge in [-0.2, -0.15) is 0 Å². The first-order valence-corrected chi connectivity index (χ1v) is 6.38. The molecule has 110 valence electrons. The molecule has 0 radical (unpaired) electrons. The highest BCUT2D eigenvalue weighted by Crippen LogP contribution is 2.15.